The molecule has 4 rings (SSSR count). The van der Waals surface area contributed by atoms with Gasteiger partial charge in [0.25, 0.3) is 0 Å². The highest BCUT2D eigenvalue weighted by Gasteiger charge is 2.23. The molecule has 2 aromatic carbocycles. The third-order valence-electron chi connectivity index (χ3n) is 4.66. The third-order valence-corrected chi connectivity index (χ3v) is 5.40. The summed E-state index contributed by atoms with van der Waals surface area (Å²) in [5.74, 6) is 0. The number of benzene rings is 2. The van der Waals surface area contributed by atoms with Crippen LogP contribution in [0.2, 0.25) is 10.0 Å². The molecule has 0 N–H and O–H groups in total. The van der Waals surface area contributed by atoms with Crippen LogP contribution in [0.4, 0.5) is 0 Å². The van der Waals surface area contributed by atoms with Gasteiger partial charge in [-0.25, -0.2) is 0 Å². The highest BCUT2D eigenvalue weighted by atomic mass is 35.5. The number of fused-ring (bicyclic) bond motifs is 3. The highest BCUT2D eigenvalue weighted by Crippen LogP contribution is 2.35. The zero-order chi connectivity index (χ0) is 16.1. The van der Waals surface area contributed by atoms with Crippen molar-refractivity contribution >= 4 is 34.1 Å². The molecule has 0 radical (unpaired) electrons. The quantitative estimate of drug-likeness (QED) is 0.586. The molecule has 0 atom stereocenters. The van der Waals surface area contributed by atoms with Gasteiger partial charge in [-0.1, -0.05) is 34.8 Å². The fourth-order valence-electron chi connectivity index (χ4n) is 3.52. The molecule has 3 aromatic rings. The van der Waals surface area contributed by atoms with Crippen LogP contribution in [0.25, 0.3) is 16.6 Å². The minimum atomic E-state index is 0.591. The van der Waals surface area contributed by atoms with Crippen LogP contribution < -0.4 is 0 Å². The number of aromatic nitrogens is 1. The van der Waals surface area contributed by atoms with Crippen LogP contribution >= 0.6 is 23.2 Å². The lowest BCUT2D eigenvalue weighted by Crippen LogP contribution is -2.27. The number of aryl methyl sites for hydroxylation is 1. The van der Waals surface area contributed by atoms with E-state index in [-0.39, 0.29) is 0 Å². The summed E-state index contributed by atoms with van der Waals surface area (Å²) in [6.07, 6.45) is 1.08. The maximum absolute atomic E-state index is 6.26. The van der Waals surface area contributed by atoms with Crippen molar-refractivity contribution < 1.29 is 0 Å². The molecule has 0 saturated carbocycles. The fourth-order valence-corrected chi connectivity index (χ4v) is 3.82. The summed E-state index contributed by atoms with van der Waals surface area (Å²) in [5.41, 5.74) is 6.44. The van der Waals surface area contributed by atoms with Crippen LogP contribution in [0.1, 0.15) is 16.8 Å². The second-order valence-electron chi connectivity index (χ2n) is 6.37. The van der Waals surface area contributed by atoms with Crippen LogP contribution in [-0.2, 0) is 13.0 Å². The maximum atomic E-state index is 6.26. The molecule has 4 heteroatoms. The molecule has 0 unspecified atom stereocenters. The van der Waals surface area contributed by atoms with Gasteiger partial charge < -0.3 is 9.47 Å². The summed E-state index contributed by atoms with van der Waals surface area (Å²) in [5, 5.41) is 2.55. The Bertz CT molecular complexity index is 911. The van der Waals surface area contributed by atoms with Crippen LogP contribution in [-0.4, -0.2) is 23.1 Å². The Labute approximate surface area is 146 Å². The van der Waals surface area contributed by atoms with Crippen molar-refractivity contribution in [1.82, 2.24) is 9.47 Å². The van der Waals surface area contributed by atoms with E-state index >= 15 is 0 Å². The van der Waals surface area contributed by atoms with Crippen LogP contribution in [0.15, 0.2) is 36.4 Å². The minimum absolute atomic E-state index is 0.591. The Morgan fingerprint density at radius 1 is 1.00 bits per heavy atom. The van der Waals surface area contributed by atoms with E-state index in [0.717, 1.165) is 25.2 Å². The molecule has 2 heterocycles. The van der Waals surface area contributed by atoms with E-state index in [0.29, 0.717) is 10.0 Å². The topological polar surface area (TPSA) is 8.17 Å². The number of rotatable bonds is 1. The number of nitrogens with zero attached hydrogens (tertiary/aromatic N) is 2. The van der Waals surface area contributed by atoms with Gasteiger partial charge in [0, 0.05) is 29.9 Å². The van der Waals surface area contributed by atoms with Gasteiger partial charge in [-0.05, 0) is 56.3 Å². The van der Waals surface area contributed by atoms with Gasteiger partial charge in [0.1, 0.15) is 0 Å². The molecule has 0 aliphatic carbocycles. The minimum Gasteiger partial charge on any atom is -0.312 e. The van der Waals surface area contributed by atoms with Crippen LogP contribution in [0.3, 0.4) is 0 Å². The first-order valence-corrected chi connectivity index (χ1v) is 8.57. The molecule has 1 aromatic heterocycles. The summed E-state index contributed by atoms with van der Waals surface area (Å²) in [4.78, 5) is 2.36. The standard InChI is InChI=1S/C19H18Cl2N2/c1-12-3-6-18-15(9-12)14-7-8-22(2)11-19(14)23(18)13-4-5-16(20)17(21)10-13/h3-6,9-10H,7-8,11H2,1-2H3. The van der Waals surface area contributed by atoms with Crippen molar-refractivity contribution in [3.05, 3.63) is 63.3 Å². The summed E-state index contributed by atoms with van der Waals surface area (Å²) in [6.45, 7) is 4.20. The molecule has 0 saturated heterocycles. The Balaban J connectivity index is 2.05. The van der Waals surface area contributed by atoms with Crippen molar-refractivity contribution in [1.29, 1.82) is 0 Å². The first kappa shape index (κ1) is 15.1. The lowest BCUT2D eigenvalue weighted by molar-refractivity contribution is 0.307. The van der Waals surface area contributed by atoms with E-state index in [4.69, 9.17) is 23.2 Å². The monoisotopic (exact) mass is 344 g/mol. The summed E-state index contributed by atoms with van der Waals surface area (Å²) >= 11 is 12.4. The molecule has 23 heavy (non-hydrogen) atoms. The molecule has 0 bridgehead atoms. The van der Waals surface area contributed by atoms with Gasteiger partial charge >= 0.3 is 0 Å². The zero-order valence-electron chi connectivity index (χ0n) is 13.2. The van der Waals surface area contributed by atoms with Gasteiger partial charge in [-0.15, -0.1) is 0 Å². The van der Waals surface area contributed by atoms with E-state index in [9.17, 15) is 0 Å². The van der Waals surface area contributed by atoms with E-state index < -0.39 is 0 Å². The van der Waals surface area contributed by atoms with Crippen molar-refractivity contribution in [2.45, 2.75) is 19.9 Å². The number of hydrogen-bond donors (Lipinski definition) is 0. The van der Waals surface area contributed by atoms with Crippen molar-refractivity contribution in [2.75, 3.05) is 13.6 Å². The van der Waals surface area contributed by atoms with Gasteiger partial charge in [0.2, 0.25) is 0 Å². The highest BCUT2D eigenvalue weighted by molar-refractivity contribution is 6.42. The first-order valence-electron chi connectivity index (χ1n) is 7.81. The summed E-state index contributed by atoms with van der Waals surface area (Å²) in [6, 6.07) is 12.6. The SMILES string of the molecule is Cc1ccc2c(c1)c1c(n2-c2ccc(Cl)c(Cl)c2)CN(C)CC1. The summed E-state index contributed by atoms with van der Waals surface area (Å²) in [7, 11) is 2.17. The van der Waals surface area contributed by atoms with E-state index in [1.54, 1.807) is 0 Å². The molecule has 0 spiro atoms. The summed E-state index contributed by atoms with van der Waals surface area (Å²) < 4.78 is 2.34. The Hall–Kier alpha value is -1.48. The Morgan fingerprint density at radius 2 is 1.83 bits per heavy atom. The molecule has 1 aliphatic rings. The normalized spacial score (nSPS) is 15.1. The van der Waals surface area contributed by atoms with Crippen molar-refractivity contribution in [3.63, 3.8) is 0 Å². The zero-order valence-corrected chi connectivity index (χ0v) is 14.7. The third kappa shape index (κ3) is 2.46. The van der Waals surface area contributed by atoms with Gasteiger partial charge in [0.05, 0.1) is 15.6 Å². The van der Waals surface area contributed by atoms with Crippen LogP contribution in [0, 0.1) is 6.92 Å². The van der Waals surface area contributed by atoms with E-state index in [2.05, 4.69) is 41.6 Å². The van der Waals surface area contributed by atoms with Crippen molar-refractivity contribution in [3.8, 4) is 5.69 Å². The predicted molar refractivity (Wildman–Crippen MR) is 98.1 cm³/mol. The van der Waals surface area contributed by atoms with Gasteiger partial charge in [-0.3, -0.25) is 0 Å². The molecule has 2 nitrogen and oxygen atoms in total. The number of likely N-dealkylation sites (N-methyl/N-ethyl adjacent to an activating group) is 1. The molecule has 0 amide bonds. The fraction of sp³-hybridized carbons (Fsp3) is 0.263. The molecule has 1 aliphatic heterocycles. The van der Waals surface area contributed by atoms with Crippen LogP contribution in [0.5, 0.6) is 0 Å². The second kappa shape index (κ2) is 5.55. The van der Waals surface area contributed by atoms with E-state index in [1.807, 2.05) is 18.2 Å². The Kier molecular flexibility index (Phi) is 3.64. The average molecular weight is 345 g/mol. The lowest BCUT2D eigenvalue weighted by Gasteiger charge is -2.24. The molecule has 118 valence electrons. The maximum Gasteiger partial charge on any atom is 0.0613 e. The molecule has 0 fully saturated rings. The van der Waals surface area contributed by atoms with Gasteiger partial charge in [0.15, 0.2) is 0 Å². The predicted octanol–water partition coefficient (Wildman–Crippen LogP) is 5.23. The molecular weight excluding hydrogens is 327 g/mol. The first-order chi connectivity index (χ1) is 11.0. The van der Waals surface area contributed by atoms with Crippen molar-refractivity contribution in [2.24, 2.45) is 0 Å². The lowest BCUT2D eigenvalue weighted by atomic mass is 10.0. The average Bonchev–Trinajstić information content (AvgIpc) is 2.83. The largest absolute Gasteiger partial charge is 0.312 e. The molecular formula is C19H18Cl2N2. The van der Waals surface area contributed by atoms with E-state index in [1.165, 1.54) is 27.7 Å². The number of halogens is 2. The Morgan fingerprint density at radius 3 is 2.61 bits per heavy atom. The number of hydrogen-bond acceptors (Lipinski definition) is 1. The smallest absolute Gasteiger partial charge is 0.0613 e. The second-order valence-corrected chi connectivity index (χ2v) is 7.18. The van der Waals surface area contributed by atoms with Gasteiger partial charge in [-0.2, -0.15) is 0 Å².